The molecule has 2 aromatic rings. The lowest BCUT2D eigenvalue weighted by Gasteiger charge is -2.22. The zero-order chi connectivity index (χ0) is 17.0. The maximum Gasteiger partial charge on any atom is 0.228 e. The molecular formula is C21H22N2O. The molecule has 1 fully saturated rings. The van der Waals surface area contributed by atoms with Gasteiger partial charge in [0, 0.05) is 30.3 Å². The van der Waals surface area contributed by atoms with Gasteiger partial charge in [-0.1, -0.05) is 50.3 Å². The molecule has 1 saturated heterocycles. The maximum atomic E-state index is 12.3. The van der Waals surface area contributed by atoms with E-state index in [0.717, 1.165) is 36.3 Å². The Morgan fingerprint density at radius 3 is 2.54 bits per heavy atom. The quantitative estimate of drug-likeness (QED) is 0.801. The highest BCUT2D eigenvalue weighted by molar-refractivity contribution is 5.95. The van der Waals surface area contributed by atoms with Gasteiger partial charge in [-0.2, -0.15) is 0 Å². The van der Waals surface area contributed by atoms with Gasteiger partial charge in [-0.3, -0.25) is 9.69 Å². The Morgan fingerprint density at radius 2 is 1.88 bits per heavy atom. The lowest BCUT2D eigenvalue weighted by Crippen LogP contribution is -2.27. The maximum absolute atomic E-state index is 12.3. The Hall–Kier alpha value is -2.60. The third kappa shape index (κ3) is 3.65. The Morgan fingerprint density at radius 1 is 1.12 bits per heavy atom. The van der Waals surface area contributed by atoms with Crippen molar-refractivity contribution in [2.45, 2.75) is 33.1 Å². The molecule has 0 spiro atoms. The topological polar surface area (TPSA) is 33.2 Å². The first-order chi connectivity index (χ1) is 11.6. The second kappa shape index (κ2) is 6.88. The molecule has 1 aromatic carbocycles. The molecule has 2 heterocycles. The van der Waals surface area contributed by atoms with Crippen LogP contribution in [0.3, 0.4) is 0 Å². The fraction of sp³-hybridized carbons (Fsp3) is 0.333. The number of hydrogen-bond acceptors (Lipinski definition) is 2. The van der Waals surface area contributed by atoms with E-state index in [1.165, 1.54) is 0 Å². The highest BCUT2D eigenvalue weighted by Gasteiger charge is 2.39. The molecule has 0 saturated carbocycles. The zero-order valence-corrected chi connectivity index (χ0v) is 14.2. The minimum absolute atomic E-state index is 0.0687. The van der Waals surface area contributed by atoms with Gasteiger partial charge in [-0.15, -0.1) is 0 Å². The van der Waals surface area contributed by atoms with Gasteiger partial charge in [0.2, 0.25) is 5.91 Å². The van der Waals surface area contributed by atoms with E-state index in [4.69, 9.17) is 0 Å². The second-order valence-electron chi connectivity index (χ2n) is 6.74. The Balaban J connectivity index is 1.74. The highest BCUT2D eigenvalue weighted by Crippen LogP contribution is 2.37. The van der Waals surface area contributed by atoms with Crippen LogP contribution >= 0.6 is 0 Å². The van der Waals surface area contributed by atoms with Gasteiger partial charge in [-0.05, 0) is 36.1 Å². The van der Waals surface area contributed by atoms with Crippen LogP contribution in [0.1, 0.15) is 44.2 Å². The lowest BCUT2D eigenvalue weighted by atomic mass is 9.85. The molecule has 3 rings (SSSR count). The van der Waals surface area contributed by atoms with Crippen molar-refractivity contribution in [2.24, 2.45) is 5.41 Å². The summed E-state index contributed by atoms with van der Waals surface area (Å²) in [5.41, 5.74) is 1.90. The molecule has 1 aliphatic rings. The number of carbonyl (C=O) groups excluding carboxylic acids is 1. The monoisotopic (exact) mass is 318 g/mol. The molecule has 0 N–H and O–H groups in total. The largest absolute Gasteiger partial charge is 0.296 e. The number of benzene rings is 1. The summed E-state index contributed by atoms with van der Waals surface area (Å²) in [6.45, 7) is 5.10. The summed E-state index contributed by atoms with van der Waals surface area (Å²) in [7, 11) is 0. The van der Waals surface area contributed by atoms with Crippen LogP contribution in [-0.4, -0.2) is 17.4 Å². The van der Waals surface area contributed by atoms with Crippen LogP contribution in [0.15, 0.2) is 48.7 Å². The predicted molar refractivity (Wildman–Crippen MR) is 96.6 cm³/mol. The molecule has 122 valence electrons. The van der Waals surface area contributed by atoms with E-state index in [-0.39, 0.29) is 11.3 Å². The van der Waals surface area contributed by atoms with E-state index < -0.39 is 0 Å². The van der Waals surface area contributed by atoms with Crippen molar-refractivity contribution in [1.82, 2.24) is 4.98 Å². The number of pyridine rings is 1. The van der Waals surface area contributed by atoms with Crippen molar-refractivity contribution in [3.8, 4) is 11.8 Å². The molecule has 3 nitrogen and oxygen atoms in total. The molecule has 0 radical (unpaired) electrons. The van der Waals surface area contributed by atoms with Crippen LogP contribution in [0.2, 0.25) is 0 Å². The Kier molecular flexibility index (Phi) is 4.66. The summed E-state index contributed by atoms with van der Waals surface area (Å²) in [5, 5.41) is 0. The summed E-state index contributed by atoms with van der Waals surface area (Å²) in [6, 6.07) is 13.7. The van der Waals surface area contributed by atoms with Gasteiger partial charge in [-0.25, -0.2) is 4.98 Å². The molecule has 1 aliphatic heterocycles. The smallest absolute Gasteiger partial charge is 0.228 e. The number of anilines is 1. The SMILES string of the molecule is CCCC1(C)CC(=O)N(c2ccc(C#Cc3ccccc3)cn2)C1. The molecule has 0 bridgehead atoms. The molecule has 3 heteroatoms. The van der Waals surface area contributed by atoms with Crippen molar-refractivity contribution in [3.05, 3.63) is 59.8 Å². The van der Waals surface area contributed by atoms with Gasteiger partial charge >= 0.3 is 0 Å². The minimum Gasteiger partial charge on any atom is -0.296 e. The average molecular weight is 318 g/mol. The number of rotatable bonds is 3. The van der Waals surface area contributed by atoms with Gasteiger partial charge in [0.05, 0.1) is 0 Å². The van der Waals surface area contributed by atoms with Gasteiger partial charge in [0.1, 0.15) is 5.82 Å². The predicted octanol–water partition coefficient (Wildman–Crippen LogP) is 4.02. The van der Waals surface area contributed by atoms with E-state index >= 15 is 0 Å². The first-order valence-electron chi connectivity index (χ1n) is 8.43. The van der Waals surface area contributed by atoms with Crippen LogP contribution in [0.25, 0.3) is 0 Å². The fourth-order valence-corrected chi connectivity index (χ4v) is 3.25. The van der Waals surface area contributed by atoms with Gasteiger partial charge < -0.3 is 0 Å². The third-order valence-corrected chi connectivity index (χ3v) is 4.42. The molecule has 1 amide bonds. The molecule has 0 aliphatic carbocycles. The van der Waals surface area contributed by atoms with Crippen LogP contribution in [0, 0.1) is 17.3 Å². The van der Waals surface area contributed by atoms with E-state index in [1.807, 2.05) is 47.4 Å². The standard InChI is InChI=1S/C21H22N2O/c1-3-13-21(2)14-20(24)23(16-21)19-12-11-18(15-22-19)10-9-17-7-5-4-6-8-17/h4-8,11-12,15H,3,13-14,16H2,1-2H3. The van der Waals surface area contributed by atoms with Crippen molar-refractivity contribution < 1.29 is 4.79 Å². The second-order valence-corrected chi connectivity index (χ2v) is 6.74. The van der Waals surface area contributed by atoms with Crippen LogP contribution in [0.5, 0.6) is 0 Å². The van der Waals surface area contributed by atoms with Gasteiger partial charge in [0.15, 0.2) is 0 Å². The summed E-state index contributed by atoms with van der Waals surface area (Å²) in [5.74, 6) is 7.12. The third-order valence-electron chi connectivity index (χ3n) is 4.42. The Bertz CT molecular complexity index is 771. The summed E-state index contributed by atoms with van der Waals surface area (Å²) < 4.78 is 0. The van der Waals surface area contributed by atoms with Crippen molar-refractivity contribution >= 4 is 11.7 Å². The fourth-order valence-electron chi connectivity index (χ4n) is 3.25. The summed E-state index contributed by atoms with van der Waals surface area (Å²) in [6.07, 6.45) is 4.51. The first kappa shape index (κ1) is 16.3. The van der Waals surface area contributed by atoms with E-state index in [1.54, 1.807) is 6.20 Å². The van der Waals surface area contributed by atoms with Crippen molar-refractivity contribution in [1.29, 1.82) is 0 Å². The molecule has 1 aromatic heterocycles. The van der Waals surface area contributed by atoms with E-state index in [0.29, 0.717) is 6.42 Å². The molecular weight excluding hydrogens is 296 g/mol. The zero-order valence-electron chi connectivity index (χ0n) is 14.2. The highest BCUT2D eigenvalue weighted by atomic mass is 16.2. The number of amides is 1. The van der Waals surface area contributed by atoms with Crippen molar-refractivity contribution in [3.63, 3.8) is 0 Å². The average Bonchev–Trinajstić information content (AvgIpc) is 2.89. The van der Waals surface area contributed by atoms with Crippen LogP contribution in [0.4, 0.5) is 5.82 Å². The van der Waals surface area contributed by atoms with E-state index in [2.05, 4.69) is 30.7 Å². The van der Waals surface area contributed by atoms with Crippen molar-refractivity contribution in [2.75, 3.05) is 11.4 Å². The first-order valence-corrected chi connectivity index (χ1v) is 8.43. The minimum atomic E-state index is 0.0687. The summed E-state index contributed by atoms with van der Waals surface area (Å²) >= 11 is 0. The number of hydrogen-bond donors (Lipinski definition) is 0. The lowest BCUT2D eigenvalue weighted by molar-refractivity contribution is -0.117. The number of nitrogens with zero attached hydrogens (tertiary/aromatic N) is 2. The van der Waals surface area contributed by atoms with E-state index in [9.17, 15) is 4.79 Å². The Labute approximate surface area is 143 Å². The van der Waals surface area contributed by atoms with Gasteiger partial charge in [0.25, 0.3) is 0 Å². The number of aromatic nitrogens is 1. The van der Waals surface area contributed by atoms with Crippen LogP contribution in [-0.2, 0) is 4.79 Å². The van der Waals surface area contributed by atoms with Crippen LogP contribution < -0.4 is 4.90 Å². The normalized spacial score (nSPS) is 19.9. The molecule has 24 heavy (non-hydrogen) atoms. The summed E-state index contributed by atoms with van der Waals surface area (Å²) in [4.78, 5) is 18.6. The molecule has 1 atom stereocenters. The number of carbonyl (C=O) groups is 1. The molecule has 1 unspecified atom stereocenters.